The van der Waals surface area contributed by atoms with Crippen LogP contribution in [0.2, 0.25) is 0 Å². The van der Waals surface area contributed by atoms with E-state index in [0.717, 1.165) is 29.9 Å². The van der Waals surface area contributed by atoms with E-state index in [4.69, 9.17) is 9.47 Å². The lowest BCUT2D eigenvalue weighted by atomic mass is 10.3. The Kier molecular flexibility index (Phi) is 4.83. The Morgan fingerprint density at radius 2 is 1.23 bits per heavy atom. The average Bonchev–Trinajstić information content (AvgIpc) is 3.34. The number of rotatable bonds is 5. The van der Waals surface area contributed by atoms with Crippen LogP contribution in [-0.2, 0) is 9.47 Å². The zero-order valence-corrected chi connectivity index (χ0v) is 17.3. The molecule has 0 aromatic carbocycles. The largest absolute Gasteiger partial charge is 0.462 e. The van der Waals surface area contributed by atoms with Crippen molar-refractivity contribution in [3.63, 3.8) is 0 Å². The molecule has 0 spiro atoms. The second-order valence-electron chi connectivity index (χ2n) is 5.36. The summed E-state index contributed by atoms with van der Waals surface area (Å²) < 4.78 is 12.4. The molecule has 0 aliphatic heterocycles. The third kappa shape index (κ3) is 2.96. The van der Waals surface area contributed by atoms with Crippen molar-refractivity contribution in [1.29, 1.82) is 0 Å². The quantitative estimate of drug-likeness (QED) is 0.356. The first-order chi connectivity index (χ1) is 12.6. The number of thiophene rings is 4. The highest BCUT2D eigenvalue weighted by Crippen LogP contribution is 2.47. The van der Waals surface area contributed by atoms with Gasteiger partial charge in [0, 0.05) is 21.5 Å². The molecule has 4 nitrogen and oxygen atoms in total. The summed E-state index contributed by atoms with van der Waals surface area (Å²) in [5, 5.41) is 6.24. The van der Waals surface area contributed by atoms with Crippen molar-refractivity contribution in [3.05, 3.63) is 32.6 Å². The first-order valence-corrected chi connectivity index (χ1v) is 11.4. The maximum absolute atomic E-state index is 12.0. The van der Waals surface area contributed by atoms with Crippen molar-refractivity contribution in [2.24, 2.45) is 0 Å². The van der Waals surface area contributed by atoms with Gasteiger partial charge in [0.1, 0.15) is 9.75 Å². The van der Waals surface area contributed by atoms with E-state index in [1.807, 2.05) is 12.1 Å². The molecular weight excluding hydrogens is 408 g/mol. The van der Waals surface area contributed by atoms with E-state index < -0.39 is 0 Å². The van der Waals surface area contributed by atoms with Crippen molar-refractivity contribution >= 4 is 77.5 Å². The van der Waals surface area contributed by atoms with Gasteiger partial charge in [0.25, 0.3) is 0 Å². The summed E-state index contributed by atoms with van der Waals surface area (Å²) in [5.74, 6) is -0.552. The van der Waals surface area contributed by atoms with Gasteiger partial charge in [-0.3, -0.25) is 0 Å². The van der Waals surface area contributed by atoms with Gasteiger partial charge in [-0.1, -0.05) is 0 Å². The Hall–Kier alpha value is -1.74. The van der Waals surface area contributed by atoms with Crippen LogP contribution >= 0.6 is 45.3 Å². The SMILES string of the molecule is CCOC(=O)c1cc2csc(-c3scc4cc(C(=O)OCC)sc34)c2s1. The molecule has 0 saturated heterocycles. The van der Waals surface area contributed by atoms with E-state index in [2.05, 4.69) is 10.8 Å². The number of carbonyl (C=O) groups excluding carboxylic acids is 2. The minimum atomic E-state index is -0.276. The first kappa shape index (κ1) is 17.7. The highest BCUT2D eigenvalue weighted by atomic mass is 32.1. The molecule has 26 heavy (non-hydrogen) atoms. The van der Waals surface area contributed by atoms with Gasteiger partial charge in [0.05, 0.1) is 32.4 Å². The summed E-state index contributed by atoms with van der Waals surface area (Å²) in [7, 11) is 0. The second kappa shape index (κ2) is 7.11. The van der Waals surface area contributed by atoms with Gasteiger partial charge < -0.3 is 9.47 Å². The molecule has 0 fully saturated rings. The lowest BCUT2D eigenvalue weighted by molar-refractivity contribution is 0.0522. The Morgan fingerprint density at radius 3 is 1.62 bits per heavy atom. The van der Waals surface area contributed by atoms with Crippen LogP contribution in [0.3, 0.4) is 0 Å². The standard InChI is InChI=1S/C18H14O4S4/c1-3-21-17(19)11-5-9-7-23-15(13(9)25-11)16-14-10(8-24-16)6-12(26-14)18(20)22-4-2/h5-8H,3-4H2,1-2H3. The van der Waals surface area contributed by atoms with Gasteiger partial charge in [-0.15, -0.1) is 45.3 Å². The summed E-state index contributed by atoms with van der Waals surface area (Å²) in [6.45, 7) is 4.35. The summed E-state index contributed by atoms with van der Waals surface area (Å²) in [6, 6.07) is 3.78. The molecule has 134 valence electrons. The highest BCUT2D eigenvalue weighted by Gasteiger charge is 2.20. The molecule has 0 N–H and O–H groups in total. The summed E-state index contributed by atoms with van der Waals surface area (Å²) in [5.41, 5.74) is 0. The van der Waals surface area contributed by atoms with E-state index >= 15 is 0 Å². The summed E-state index contributed by atoms with van der Waals surface area (Å²) in [6.07, 6.45) is 0. The molecule has 0 amide bonds. The highest BCUT2D eigenvalue weighted by molar-refractivity contribution is 7.32. The van der Waals surface area contributed by atoms with Gasteiger partial charge in [-0.2, -0.15) is 0 Å². The predicted molar refractivity (Wildman–Crippen MR) is 110 cm³/mol. The van der Waals surface area contributed by atoms with Crippen LogP contribution in [0.15, 0.2) is 22.9 Å². The molecule has 0 aliphatic rings. The van der Waals surface area contributed by atoms with Crippen molar-refractivity contribution < 1.29 is 19.1 Å². The fourth-order valence-electron chi connectivity index (χ4n) is 2.61. The number of fused-ring (bicyclic) bond motifs is 2. The normalized spacial score (nSPS) is 11.3. The number of carbonyl (C=O) groups is 2. The van der Waals surface area contributed by atoms with Crippen LogP contribution in [0.4, 0.5) is 0 Å². The van der Waals surface area contributed by atoms with Crippen LogP contribution < -0.4 is 0 Å². The van der Waals surface area contributed by atoms with Crippen LogP contribution in [-0.4, -0.2) is 25.2 Å². The zero-order valence-electron chi connectivity index (χ0n) is 14.0. The van der Waals surface area contributed by atoms with Crippen molar-refractivity contribution in [3.8, 4) is 9.75 Å². The Bertz CT molecular complexity index is 1020. The third-order valence-electron chi connectivity index (χ3n) is 3.70. The molecule has 4 aromatic rings. The minimum Gasteiger partial charge on any atom is -0.462 e. The van der Waals surface area contributed by atoms with Crippen molar-refractivity contribution in [1.82, 2.24) is 0 Å². The van der Waals surface area contributed by atoms with Gasteiger partial charge in [0.2, 0.25) is 0 Å². The minimum absolute atomic E-state index is 0.276. The zero-order chi connectivity index (χ0) is 18.3. The maximum Gasteiger partial charge on any atom is 0.348 e. The molecule has 0 aliphatic carbocycles. The molecule has 0 unspecified atom stereocenters. The number of esters is 2. The van der Waals surface area contributed by atoms with Crippen LogP contribution in [0.1, 0.15) is 33.2 Å². The van der Waals surface area contributed by atoms with E-state index in [9.17, 15) is 9.59 Å². The molecule has 0 atom stereocenters. The third-order valence-corrected chi connectivity index (χ3v) is 8.42. The monoisotopic (exact) mass is 422 g/mol. The lowest BCUT2D eigenvalue weighted by Crippen LogP contribution is -2.01. The smallest absolute Gasteiger partial charge is 0.348 e. The topological polar surface area (TPSA) is 52.6 Å². The van der Waals surface area contributed by atoms with Gasteiger partial charge in [-0.05, 0) is 26.0 Å². The van der Waals surface area contributed by atoms with E-state index in [1.165, 1.54) is 22.7 Å². The molecule has 0 bridgehead atoms. The molecule has 8 heteroatoms. The fraction of sp³-hybridized carbons (Fsp3) is 0.222. The van der Waals surface area contributed by atoms with E-state index in [0.29, 0.717) is 23.0 Å². The van der Waals surface area contributed by atoms with Crippen molar-refractivity contribution in [2.75, 3.05) is 13.2 Å². The molecule has 0 saturated carbocycles. The fourth-order valence-corrected chi connectivity index (χ4v) is 7.40. The summed E-state index contributed by atoms with van der Waals surface area (Å²) in [4.78, 5) is 27.5. The number of hydrogen-bond acceptors (Lipinski definition) is 8. The van der Waals surface area contributed by atoms with Gasteiger partial charge >= 0.3 is 11.9 Å². The predicted octanol–water partition coefficient (Wildman–Crippen LogP) is 6.26. The lowest BCUT2D eigenvalue weighted by Gasteiger charge is -1.97. The number of hydrogen-bond donors (Lipinski definition) is 0. The first-order valence-electron chi connectivity index (χ1n) is 7.99. The van der Waals surface area contributed by atoms with Crippen LogP contribution in [0.5, 0.6) is 0 Å². The summed E-state index contributed by atoms with van der Waals surface area (Å²) >= 11 is 6.25. The van der Waals surface area contributed by atoms with E-state index in [1.54, 1.807) is 36.5 Å². The Morgan fingerprint density at radius 1 is 0.808 bits per heavy atom. The Balaban J connectivity index is 1.77. The molecule has 4 aromatic heterocycles. The van der Waals surface area contributed by atoms with Crippen LogP contribution in [0.25, 0.3) is 29.9 Å². The van der Waals surface area contributed by atoms with Crippen molar-refractivity contribution in [2.45, 2.75) is 13.8 Å². The van der Waals surface area contributed by atoms with Gasteiger partial charge in [-0.25, -0.2) is 9.59 Å². The molecule has 0 radical (unpaired) electrons. The Labute approximate surface area is 165 Å². The maximum atomic E-state index is 12.0. The van der Waals surface area contributed by atoms with Crippen LogP contribution in [0, 0.1) is 0 Å². The van der Waals surface area contributed by atoms with E-state index in [-0.39, 0.29) is 11.9 Å². The second-order valence-corrected chi connectivity index (χ2v) is 9.22. The average molecular weight is 423 g/mol. The molecular formula is C18H14O4S4. The molecule has 4 heterocycles. The van der Waals surface area contributed by atoms with Gasteiger partial charge in [0.15, 0.2) is 0 Å². The number of ether oxygens (including phenoxy) is 2. The molecule has 4 rings (SSSR count).